The first kappa shape index (κ1) is 19.0. The third-order valence-electron chi connectivity index (χ3n) is 5.75. The number of ketones is 1. The number of rotatable bonds is 2. The molecule has 0 amide bonds. The molecule has 2 bridgehead atoms. The van der Waals surface area contributed by atoms with E-state index in [4.69, 9.17) is 4.74 Å². The number of fused-ring (bicyclic) bond motifs is 3. The minimum absolute atomic E-state index is 0.0347. The van der Waals surface area contributed by atoms with E-state index in [9.17, 15) is 4.79 Å². The van der Waals surface area contributed by atoms with Crippen LogP contribution in [-0.2, 0) is 15.6 Å². The monoisotopic (exact) mass is 355 g/mol. The minimum Gasteiger partial charge on any atom is -0.497 e. The number of piperidine rings is 3. The first-order valence-electron chi connectivity index (χ1n) is 9.76. The van der Waals surface area contributed by atoms with E-state index in [1.54, 1.807) is 7.11 Å². The van der Waals surface area contributed by atoms with Crippen molar-refractivity contribution in [2.24, 2.45) is 5.92 Å². The quantitative estimate of drug-likeness (QED) is 0.705. The lowest BCUT2D eigenvalue weighted by atomic mass is 9.75. The topological polar surface area (TPSA) is 29.5 Å². The van der Waals surface area contributed by atoms with Gasteiger partial charge < -0.3 is 9.64 Å². The van der Waals surface area contributed by atoms with Crippen LogP contribution in [0.3, 0.4) is 0 Å². The van der Waals surface area contributed by atoms with Gasteiger partial charge in [0.05, 0.1) is 12.8 Å². The van der Waals surface area contributed by atoms with Crippen molar-refractivity contribution in [3.05, 3.63) is 34.5 Å². The molecular formula is C23H33NO2. The molecule has 0 saturated carbocycles. The molecule has 0 aromatic heterocycles. The van der Waals surface area contributed by atoms with Crippen LogP contribution in [0.25, 0.3) is 6.08 Å². The summed E-state index contributed by atoms with van der Waals surface area (Å²) < 4.78 is 5.60. The van der Waals surface area contributed by atoms with Crippen molar-refractivity contribution in [3.63, 3.8) is 0 Å². The predicted molar refractivity (Wildman–Crippen MR) is 108 cm³/mol. The van der Waals surface area contributed by atoms with Gasteiger partial charge in [0, 0.05) is 19.0 Å². The summed E-state index contributed by atoms with van der Waals surface area (Å²) in [7, 11) is 1.72. The summed E-state index contributed by atoms with van der Waals surface area (Å²) in [6.45, 7) is 15.4. The van der Waals surface area contributed by atoms with Crippen molar-refractivity contribution in [2.45, 2.75) is 65.2 Å². The number of carbonyl (C=O) groups excluding carboxylic acids is 1. The number of hydrogen-bond donors (Lipinski definition) is 0. The Balaban J connectivity index is 2.25. The molecule has 3 aliphatic heterocycles. The molecule has 3 heteroatoms. The van der Waals surface area contributed by atoms with E-state index in [1.165, 1.54) is 16.7 Å². The molecule has 0 spiro atoms. The molecule has 0 unspecified atom stereocenters. The van der Waals surface area contributed by atoms with Crippen molar-refractivity contribution in [2.75, 3.05) is 20.2 Å². The van der Waals surface area contributed by atoms with Crippen LogP contribution in [0.2, 0.25) is 0 Å². The second kappa shape index (κ2) is 6.44. The van der Waals surface area contributed by atoms with Gasteiger partial charge in [0.2, 0.25) is 0 Å². The lowest BCUT2D eigenvalue weighted by Gasteiger charge is -2.41. The Morgan fingerprint density at radius 1 is 1.00 bits per heavy atom. The van der Waals surface area contributed by atoms with Crippen molar-refractivity contribution >= 4 is 11.9 Å². The average Bonchev–Trinajstić information content (AvgIpc) is 2.56. The summed E-state index contributed by atoms with van der Waals surface area (Å²) in [6.07, 6.45) is 4.20. The Hall–Kier alpha value is -1.77. The summed E-state index contributed by atoms with van der Waals surface area (Å²) in [5.74, 6) is 1.44. The highest BCUT2D eigenvalue weighted by Crippen LogP contribution is 2.40. The van der Waals surface area contributed by atoms with Crippen molar-refractivity contribution in [3.8, 4) is 5.75 Å². The van der Waals surface area contributed by atoms with Crippen LogP contribution >= 0.6 is 0 Å². The highest BCUT2D eigenvalue weighted by atomic mass is 16.5. The van der Waals surface area contributed by atoms with Crippen molar-refractivity contribution < 1.29 is 9.53 Å². The minimum atomic E-state index is -0.0347. The maximum atomic E-state index is 12.9. The Kier molecular flexibility index (Phi) is 4.71. The molecule has 1 aromatic carbocycles. The average molecular weight is 356 g/mol. The van der Waals surface area contributed by atoms with Gasteiger partial charge in [-0.2, -0.15) is 0 Å². The highest BCUT2D eigenvalue weighted by Gasteiger charge is 2.37. The Bertz CT molecular complexity index is 703. The molecule has 26 heavy (non-hydrogen) atoms. The molecule has 3 nitrogen and oxygen atoms in total. The van der Waals surface area contributed by atoms with Crippen LogP contribution in [0.4, 0.5) is 0 Å². The number of Topliss-reactive ketones (excluding diaryl/α,β-unsaturated/α-hetero) is 1. The predicted octanol–water partition coefficient (Wildman–Crippen LogP) is 4.93. The normalized spacial score (nSPS) is 20.2. The first-order chi connectivity index (χ1) is 12.0. The zero-order valence-electron chi connectivity index (χ0n) is 17.4. The lowest BCUT2D eigenvalue weighted by molar-refractivity contribution is -0.125. The van der Waals surface area contributed by atoms with E-state index in [-0.39, 0.29) is 16.7 Å². The Morgan fingerprint density at radius 2 is 1.50 bits per heavy atom. The molecule has 1 aromatic rings. The van der Waals surface area contributed by atoms with E-state index < -0.39 is 0 Å². The molecule has 3 saturated heterocycles. The van der Waals surface area contributed by atoms with Crippen LogP contribution in [0.15, 0.2) is 17.8 Å². The van der Waals surface area contributed by atoms with E-state index in [1.807, 2.05) is 0 Å². The van der Waals surface area contributed by atoms with E-state index in [0.29, 0.717) is 5.78 Å². The van der Waals surface area contributed by atoms with E-state index >= 15 is 0 Å². The van der Waals surface area contributed by atoms with Crippen LogP contribution in [0, 0.1) is 5.92 Å². The van der Waals surface area contributed by atoms with Crippen LogP contribution in [0.1, 0.15) is 71.1 Å². The summed E-state index contributed by atoms with van der Waals surface area (Å²) in [4.78, 5) is 15.2. The highest BCUT2D eigenvalue weighted by molar-refractivity contribution is 6.02. The maximum Gasteiger partial charge on any atom is 0.182 e. The molecule has 4 rings (SSSR count). The summed E-state index contributed by atoms with van der Waals surface area (Å²) >= 11 is 0. The van der Waals surface area contributed by atoms with Gasteiger partial charge >= 0.3 is 0 Å². The molecule has 3 heterocycles. The molecule has 3 fully saturated rings. The van der Waals surface area contributed by atoms with Gasteiger partial charge in [0.25, 0.3) is 0 Å². The van der Waals surface area contributed by atoms with Crippen LogP contribution in [0.5, 0.6) is 5.75 Å². The van der Waals surface area contributed by atoms with E-state index in [0.717, 1.165) is 37.4 Å². The van der Waals surface area contributed by atoms with Gasteiger partial charge in [0.15, 0.2) is 5.78 Å². The Morgan fingerprint density at radius 3 is 1.88 bits per heavy atom. The van der Waals surface area contributed by atoms with E-state index in [2.05, 4.69) is 64.7 Å². The third-order valence-corrected chi connectivity index (χ3v) is 5.75. The number of allylic oxidation sites excluding steroid dienone is 1. The van der Waals surface area contributed by atoms with Gasteiger partial charge in [0.1, 0.15) is 5.75 Å². The van der Waals surface area contributed by atoms with Gasteiger partial charge in [-0.05, 0) is 58.6 Å². The fourth-order valence-electron chi connectivity index (χ4n) is 4.19. The maximum absolute atomic E-state index is 12.9. The lowest BCUT2D eigenvalue weighted by Crippen LogP contribution is -2.46. The zero-order valence-corrected chi connectivity index (χ0v) is 17.4. The molecule has 0 atom stereocenters. The third kappa shape index (κ3) is 3.41. The van der Waals surface area contributed by atoms with Gasteiger partial charge in [-0.25, -0.2) is 0 Å². The molecule has 142 valence electrons. The smallest absolute Gasteiger partial charge is 0.182 e. The largest absolute Gasteiger partial charge is 0.497 e. The van der Waals surface area contributed by atoms with Crippen LogP contribution in [-0.4, -0.2) is 30.9 Å². The molecular weight excluding hydrogens is 322 g/mol. The SMILES string of the molecule is COc1cc(C(C)(C)C)c(C=C2C(=O)C3CCN2CC3)c(C(C)(C)C)c1. The van der Waals surface area contributed by atoms with Crippen molar-refractivity contribution in [1.82, 2.24) is 4.90 Å². The van der Waals surface area contributed by atoms with Gasteiger partial charge in [-0.3, -0.25) is 4.79 Å². The van der Waals surface area contributed by atoms with Crippen molar-refractivity contribution in [1.29, 1.82) is 0 Å². The van der Waals surface area contributed by atoms with Gasteiger partial charge in [-0.1, -0.05) is 41.5 Å². The number of ether oxygens (including phenoxy) is 1. The first-order valence-corrected chi connectivity index (χ1v) is 9.76. The fourth-order valence-corrected chi connectivity index (χ4v) is 4.19. The zero-order chi connectivity index (χ0) is 19.3. The van der Waals surface area contributed by atoms with Crippen LogP contribution < -0.4 is 4.74 Å². The Labute approximate surface area is 158 Å². The fraction of sp³-hybridized carbons (Fsp3) is 0.609. The second-order valence-electron chi connectivity index (χ2n) is 9.79. The molecule has 0 radical (unpaired) electrons. The number of hydrogen-bond acceptors (Lipinski definition) is 3. The second-order valence-corrected chi connectivity index (χ2v) is 9.79. The number of nitrogens with zero attached hydrogens (tertiary/aromatic N) is 1. The number of benzene rings is 1. The molecule has 3 aliphatic rings. The molecule has 0 N–H and O–H groups in total. The standard InChI is InChI=1S/C23H33NO2/c1-22(2,3)18-12-16(26-7)13-19(23(4,5)6)17(18)14-20-21(25)15-8-10-24(20)11-9-15/h12-15H,8-11H2,1-7H3. The number of methoxy groups -OCH3 is 1. The summed E-state index contributed by atoms with van der Waals surface area (Å²) in [5.41, 5.74) is 4.52. The summed E-state index contributed by atoms with van der Waals surface area (Å²) in [5, 5.41) is 0. The number of carbonyl (C=O) groups is 1. The molecule has 0 aliphatic carbocycles. The van der Waals surface area contributed by atoms with Gasteiger partial charge in [-0.15, -0.1) is 0 Å². The summed E-state index contributed by atoms with van der Waals surface area (Å²) in [6, 6.07) is 4.28.